The van der Waals surface area contributed by atoms with Crippen LogP contribution >= 0.6 is 11.6 Å². The predicted molar refractivity (Wildman–Crippen MR) is 106 cm³/mol. The second kappa shape index (κ2) is 5.74. The molecule has 0 radical (unpaired) electrons. The van der Waals surface area contributed by atoms with E-state index >= 15 is 0 Å². The monoisotopic (exact) mass is 426 g/mol. The first-order valence-corrected chi connectivity index (χ1v) is 9.89. The zero-order valence-corrected chi connectivity index (χ0v) is 16.6. The highest BCUT2D eigenvalue weighted by Crippen LogP contribution is 2.48. The van der Waals surface area contributed by atoms with Crippen LogP contribution < -0.4 is 15.0 Å². The van der Waals surface area contributed by atoms with E-state index in [1.165, 1.54) is 0 Å². The Morgan fingerprint density at radius 2 is 2.00 bits per heavy atom. The summed E-state index contributed by atoms with van der Waals surface area (Å²) in [6.07, 6.45) is 0.0906. The number of rotatable bonds is 1. The number of aromatic nitrogens is 2. The summed E-state index contributed by atoms with van der Waals surface area (Å²) < 4.78 is 18.0. The Bertz CT molecular complexity index is 1360. The van der Waals surface area contributed by atoms with E-state index in [1.807, 2.05) is 0 Å². The van der Waals surface area contributed by atoms with Gasteiger partial charge in [-0.15, -0.1) is 0 Å². The summed E-state index contributed by atoms with van der Waals surface area (Å²) in [4.78, 5) is 30.3. The molecule has 0 fully saturated rings. The molecule has 3 aromatic rings. The third kappa shape index (κ3) is 2.02. The van der Waals surface area contributed by atoms with Crippen LogP contribution in [0.3, 0.4) is 0 Å². The van der Waals surface area contributed by atoms with Crippen molar-refractivity contribution in [2.45, 2.75) is 32.1 Å². The predicted octanol–water partition coefficient (Wildman–Crippen LogP) is 2.46. The highest BCUT2D eigenvalue weighted by molar-refractivity contribution is 6.33. The number of fused-ring (bicyclic) bond motifs is 5. The molecule has 3 aliphatic heterocycles. The van der Waals surface area contributed by atoms with E-state index in [0.717, 1.165) is 5.56 Å². The fraction of sp³-hybridized carbons (Fsp3) is 0.286. The van der Waals surface area contributed by atoms with Crippen molar-refractivity contribution >= 4 is 28.5 Å². The molecule has 0 saturated carbocycles. The number of pyridine rings is 2. The number of aliphatic hydroxyl groups is 1. The van der Waals surface area contributed by atoms with Crippen LogP contribution in [0.15, 0.2) is 23.0 Å². The number of hydrogen-bond donors (Lipinski definition) is 1. The molecule has 0 spiro atoms. The maximum atomic E-state index is 13.3. The summed E-state index contributed by atoms with van der Waals surface area (Å²) in [5, 5.41) is 12.1. The number of cyclic esters (lactones) is 1. The van der Waals surface area contributed by atoms with Crippen molar-refractivity contribution in [2.24, 2.45) is 0 Å². The average molecular weight is 427 g/mol. The van der Waals surface area contributed by atoms with Gasteiger partial charge in [0.05, 0.1) is 39.4 Å². The summed E-state index contributed by atoms with van der Waals surface area (Å²) in [5.74, 6) is 0.340. The van der Waals surface area contributed by atoms with Crippen LogP contribution in [-0.4, -0.2) is 27.4 Å². The van der Waals surface area contributed by atoms with Gasteiger partial charge in [0, 0.05) is 11.1 Å². The SMILES string of the molecule is CC[C@@]1(O)C(=O)OCc2c1cc1n(c2=O)Cc2c-1nc1ccc(Cl)c3c1c2OCO3. The first-order chi connectivity index (χ1) is 14.4. The van der Waals surface area contributed by atoms with Crippen molar-refractivity contribution in [3.05, 3.63) is 50.3 Å². The average Bonchev–Trinajstić information content (AvgIpc) is 3.13. The number of benzene rings is 1. The minimum Gasteiger partial charge on any atom is -0.458 e. The van der Waals surface area contributed by atoms with Gasteiger partial charge in [0.15, 0.2) is 11.4 Å². The van der Waals surface area contributed by atoms with Crippen LogP contribution in [0.4, 0.5) is 0 Å². The Hall–Kier alpha value is -3.10. The first kappa shape index (κ1) is 17.7. The van der Waals surface area contributed by atoms with Crippen LogP contribution in [0.1, 0.15) is 30.0 Å². The number of carbonyl (C=O) groups is 1. The van der Waals surface area contributed by atoms with Crippen LogP contribution in [-0.2, 0) is 28.3 Å². The van der Waals surface area contributed by atoms with E-state index in [-0.39, 0.29) is 43.1 Å². The molecule has 30 heavy (non-hydrogen) atoms. The fourth-order valence-corrected chi connectivity index (χ4v) is 4.74. The van der Waals surface area contributed by atoms with Crippen molar-refractivity contribution in [3.8, 4) is 22.9 Å². The lowest BCUT2D eigenvalue weighted by Crippen LogP contribution is -2.44. The Kier molecular flexibility index (Phi) is 3.39. The quantitative estimate of drug-likeness (QED) is 0.467. The number of nitrogens with zero attached hydrogens (tertiary/aromatic N) is 2. The number of ether oxygens (including phenoxy) is 3. The molecule has 3 aliphatic rings. The molecule has 1 atom stereocenters. The Morgan fingerprint density at radius 3 is 2.80 bits per heavy atom. The molecule has 9 heteroatoms. The van der Waals surface area contributed by atoms with Gasteiger partial charge in [0.1, 0.15) is 12.4 Å². The molecule has 1 aromatic carbocycles. The maximum absolute atomic E-state index is 13.3. The molecule has 0 amide bonds. The standard InChI is InChI=1S/C21H15ClN2O6/c1-2-21(27)11-5-14-16-9(6-24(14)19(25)10(11)7-28-20(21)26)17-15-13(23-16)4-3-12(22)18(15)30-8-29-17/h3-5,27H,2,6-8H2,1H3/t21-/m0/s1. The Balaban J connectivity index is 1.68. The molecule has 0 bridgehead atoms. The molecule has 0 aliphatic carbocycles. The van der Waals surface area contributed by atoms with Crippen molar-refractivity contribution in [1.82, 2.24) is 9.55 Å². The second-order valence-electron chi connectivity index (χ2n) is 7.55. The molecule has 8 nitrogen and oxygen atoms in total. The zero-order chi connectivity index (χ0) is 20.8. The van der Waals surface area contributed by atoms with Crippen molar-refractivity contribution in [2.75, 3.05) is 6.79 Å². The Morgan fingerprint density at radius 1 is 1.20 bits per heavy atom. The van der Waals surface area contributed by atoms with Gasteiger partial charge in [0.25, 0.3) is 5.56 Å². The summed E-state index contributed by atoms with van der Waals surface area (Å²) >= 11 is 6.28. The first-order valence-electron chi connectivity index (χ1n) is 9.52. The van der Waals surface area contributed by atoms with Crippen molar-refractivity contribution in [1.29, 1.82) is 0 Å². The zero-order valence-electron chi connectivity index (χ0n) is 15.8. The molecular formula is C21H15ClN2O6. The lowest BCUT2D eigenvalue weighted by atomic mass is 9.86. The molecule has 2 aromatic heterocycles. The Labute approximate surface area is 174 Å². The molecule has 6 rings (SSSR count). The highest BCUT2D eigenvalue weighted by Gasteiger charge is 2.45. The molecule has 5 heterocycles. The fourth-order valence-electron chi connectivity index (χ4n) is 4.52. The van der Waals surface area contributed by atoms with Gasteiger partial charge < -0.3 is 23.9 Å². The van der Waals surface area contributed by atoms with Crippen LogP contribution in [0, 0.1) is 0 Å². The summed E-state index contributed by atoms with van der Waals surface area (Å²) in [6.45, 7) is 1.75. The van der Waals surface area contributed by atoms with Gasteiger partial charge in [-0.1, -0.05) is 18.5 Å². The van der Waals surface area contributed by atoms with Crippen molar-refractivity contribution in [3.63, 3.8) is 0 Å². The minimum atomic E-state index is -1.86. The molecule has 1 N–H and O–H groups in total. The van der Waals surface area contributed by atoms with E-state index in [2.05, 4.69) is 0 Å². The van der Waals surface area contributed by atoms with E-state index in [1.54, 1.807) is 29.7 Å². The van der Waals surface area contributed by atoms with Gasteiger partial charge in [-0.05, 0) is 24.6 Å². The third-order valence-corrected chi connectivity index (χ3v) is 6.41. The van der Waals surface area contributed by atoms with Gasteiger partial charge in [-0.3, -0.25) is 4.79 Å². The van der Waals surface area contributed by atoms with E-state index in [9.17, 15) is 14.7 Å². The molecule has 152 valence electrons. The van der Waals surface area contributed by atoms with Gasteiger partial charge in [-0.25, -0.2) is 9.78 Å². The van der Waals surface area contributed by atoms with Crippen LogP contribution in [0.2, 0.25) is 5.02 Å². The summed E-state index contributed by atoms with van der Waals surface area (Å²) in [7, 11) is 0. The number of esters is 1. The van der Waals surface area contributed by atoms with Crippen LogP contribution in [0.5, 0.6) is 11.5 Å². The maximum Gasteiger partial charge on any atom is 0.343 e. The van der Waals surface area contributed by atoms with Crippen molar-refractivity contribution < 1.29 is 24.1 Å². The smallest absolute Gasteiger partial charge is 0.343 e. The highest BCUT2D eigenvalue weighted by atomic mass is 35.5. The number of halogens is 1. The van der Waals surface area contributed by atoms with E-state index in [0.29, 0.717) is 38.8 Å². The summed E-state index contributed by atoms with van der Waals surface area (Å²) in [6, 6.07) is 5.14. The number of carbonyl (C=O) groups excluding carboxylic acids is 1. The van der Waals surface area contributed by atoms with Gasteiger partial charge in [-0.2, -0.15) is 0 Å². The van der Waals surface area contributed by atoms with Gasteiger partial charge in [0.2, 0.25) is 6.79 Å². The summed E-state index contributed by atoms with van der Waals surface area (Å²) in [5.41, 5.74) is 0.837. The lowest BCUT2D eigenvalue weighted by Gasteiger charge is -2.31. The number of hydrogen-bond acceptors (Lipinski definition) is 7. The minimum absolute atomic E-state index is 0.00194. The van der Waals surface area contributed by atoms with E-state index < -0.39 is 11.6 Å². The molecule has 0 saturated heterocycles. The van der Waals surface area contributed by atoms with Gasteiger partial charge >= 0.3 is 5.97 Å². The molecular weight excluding hydrogens is 412 g/mol. The van der Waals surface area contributed by atoms with Crippen LogP contribution in [0.25, 0.3) is 22.3 Å². The largest absolute Gasteiger partial charge is 0.458 e. The third-order valence-electron chi connectivity index (χ3n) is 6.12. The molecule has 0 unspecified atom stereocenters. The second-order valence-corrected chi connectivity index (χ2v) is 7.96. The lowest BCUT2D eigenvalue weighted by molar-refractivity contribution is -0.172. The topological polar surface area (TPSA) is 99.9 Å². The van der Waals surface area contributed by atoms with E-state index in [4.69, 9.17) is 30.8 Å². The normalized spacial score (nSPS) is 20.7.